The summed E-state index contributed by atoms with van der Waals surface area (Å²) in [5, 5.41) is 0. The smallest absolute Gasteiger partial charge is 0.166 e. The van der Waals surface area contributed by atoms with Crippen LogP contribution in [-0.2, 0) is 0 Å². The van der Waals surface area contributed by atoms with Gasteiger partial charge in [-0.25, -0.2) is 13.2 Å². The van der Waals surface area contributed by atoms with E-state index in [9.17, 15) is 13.2 Å². The Hall–Kier alpha value is -2.29. The highest BCUT2D eigenvalue weighted by atomic mass is 19.2. The standard InChI is InChI=1S/C22H21F3/c1-2-15-3-5-16(6-4-15)17-7-9-18(10-8-17)21(24)22(25)19-11-13-20(23)14-12-19/h2,7-16H,1,3-6H2. The molecule has 1 aliphatic carbocycles. The summed E-state index contributed by atoms with van der Waals surface area (Å²) in [4.78, 5) is 0. The molecule has 0 saturated heterocycles. The molecule has 2 aromatic rings. The van der Waals surface area contributed by atoms with Gasteiger partial charge in [0, 0.05) is 11.1 Å². The molecule has 0 N–H and O–H groups in total. The maximum Gasteiger partial charge on any atom is 0.166 e. The van der Waals surface area contributed by atoms with Gasteiger partial charge in [0.05, 0.1) is 0 Å². The Morgan fingerprint density at radius 3 is 1.76 bits per heavy atom. The normalized spacial score (nSPS) is 21.6. The summed E-state index contributed by atoms with van der Waals surface area (Å²) in [5.74, 6) is -1.31. The van der Waals surface area contributed by atoms with Gasteiger partial charge in [-0.1, -0.05) is 30.3 Å². The Kier molecular flexibility index (Phi) is 5.42. The molecular formula is C22H21F3. The van der Waals surface area contributed by atoms with Crippen molar-refractivity contribution in [1.82, 2.24) is 0 Å². The van der Waals surface area contributed by atoms with E-state index in [1.165, 1.54) is 17.7 Å². The lowest BCUT2D eigenvalue weighted by atomic mass is 9.78. The summed E-state index contributed by atoms with van der Waals surface area (Å²) in [6.07, 6.45) is 6.47. The molecule has 25 heavy (non-hydrogen) atoms. The molecule has 130 valence electrons. The number of allylic oxidation sites excluding steroid dienone is 1. The van der Waals surface area contributed by atoms with Gasteiger partial charge < -0.3 is 0 Å². The number of rotatable bonds is 4. The zero-order valence-corrected chi connectivity index (χ0v) is 14.0. The summed E-state index contributed by atoms with van der Waals surface area (Å²) in [5.41, 5.74) is 1.40. The average Bonchev–Trinajstić information content (AvgIpc) is 2.67. The van der Waals surface area contributed by atoms with Crippen molar-refractivity contribution >= 4 is 11.7 Å². The third kappa shape index (κ3) is 4.04. The first-order valence-corrected chi connectivity index (χ1v) is 8.62. The summed E-state index contributed by atoms with van der Waals surface area (Å²) in [6, 6.07) is 11.7. The van der Waals surface area contributed by atoms with Gasteiger partial charge in [-0.3, -0.25) is 0 Å². The summed E-state index contributed by atoms with van der Waals surface area (Å²) < 4.78 is 41.5. The van der Waals surface area contributed by atoms with E-state index in [2.05, 4.69) is 6.58 Å². The Balaban J connectivity index is 1.76. The molecule has 0 aliphatic heterocycles. The average molecular weight is 342 g/mol. The highest BCUT2D eigenvalue weighted by Gasteiger charge is 2.21. The van der Waals surface area contributed by atoms with Crippen LogP contribution < -0.4 is 0 Å². The van der Waals surface area contributed by atoms with Crippen LogP contribution in [0.3, 0.4) is 0 Å². The van der Waals surface area contributed by atoms with Gasteiger partial charge in [-0.15, -0.1) is 6.58 Å². The van der Waals surface area contributed by atoms with E-state index < -0.39 is 17.5 Å². The minimum atomic E-state index is -0.973. The second kappa shape index (κ2) is 7.73. The molecule has 2 aromatic carbocycles. The lowest BCUT2D eigenvalue weighted by Gasteiger charge is -2.27. The van der Waals surface area contributed by atoms with Crippen molar-refractivity contribution in [2.24, 2.45) is 5.92 Å². The van der Waals surface area contributed by atoms with E-state index >= 15 is 0 Å². The third-order valence-corrected chi connectivity index (χ3v) is 5.03. The highest BCUT2D eigenvalue weighted by Crippen LogP contribution is 2.37. The summed E-state index contributed by atoms with van der Waals surface area (Å²) >= 11 is 0. The predicted molar refractivity (Wildman–Crippen MR) is 96.8 cm³/mol. The van der Waals surface area contributed by atoms with Crippen LogP contribution in [0.4, 0.5) is 13.2 Å². The van der Waals surface area contributed by atoms with Crippen LogP contribution in [0, 0.1) is 11.7 Å². The fourth-order valence-corrected chi connectivity index (χ4v) is 3.44. The molecular weight excluding hydrogens is 321 g/mol. The first kappa shape index (κ1) is 17.5. The quantitative estimate of drug-likeness (QED) is 0.412. The van der Waals surface area contributed by atoms with Crippen LogP contribution in [0.5, 0.6) is 0 Å². The van der Waals surface area contributed by atoms with E-state index in [1.807, 2.05) is 18.2 Å². The maximum atomic E-state index is 14.4. The number of benzene rings is 2. The first-order valence-electron chi connectivity index (χ1n) is 8.62. The maximum absolute atomic E-state index is 14.4. The van der Waals surface area contributed by atoms with Crippen molar-refractivity contribution in [2.75, 3.05) is 0 Å². The molecule has 1 fully saturated rings. The van der Waals surface area contributed by atoms with E-state index in [0.717, 1.165) is 37.8 Å². The molecule has 0 nitrogen and oxygen atoms in total. The van der Waals surface area contributed by atoms with Gasteiger partial charge in [0.15, 0.2) is 11.7 Å². The van der Waals surface area contributed by atoms with E-state index in [4.69, 9.17) is 0 Å². The molecule has 1 aliphatic rings. The van der Waals surface area contributed by atoms with E-state index in [-0.39, 0.29) is 11.1 Å². The first-order chi connectivity index (χ1) is 12.1. The van der Waals surface area contributed by atoms with Crippen molar-refractivity contribution in [3.05, 3.63) is 83.7 Å². The minimum absolute atomic E-state index is 0.0331. The predicted octanol–water partition coefficient (Wildman–Crippen LogP) is 7.05. The van der Waals surface area contributed by atoms with Crippen LogP contribution in [0.1, 0.15) is 48.3 Å². The Labute approximate surface area is 146 Å². The van der Waals surface area contributed by atoms with Crippen molar-refractivity contribution < 1.29 is 13.2 Å². The highest BCUT2D eigenvalue weighted by molar-refractivity contribution is 5.83. The largest absolute Gasteiger partial charge is 0.207 e. The van der Waals surface area contributed by atoms with Crippen molar-refractivity contribution in [2.45, 2.75) is 31.6 Å². The van der Waals surface area contributed by atoms with Gasteiger partial charge in [0.25, 0.3) is 0 Å². The SMILES string of the molecule is C=CC1CCC(c2ccc(C(F)=C(F)c3ccc(F)cc3)cc2)CC1. The monoisotopic (exact) mass is 342 g/mol. The lowest BCUT2D eigenvalue weighted by Crippen LogP contribution is -2.11. The number of hydrogen-bond acceptors (Lipinski definition) is 0. The molecule has 0 amide bonds. The number of halogens is 3. The van der Waals surface area contributed by atoms with Crippen molar-refractivity contribution in [1.29, 1.82) is 0 Å². The van der Waals surface area contributed by atoms with Crippen LogP contribution in [-0.4, -0.2) is 0 Å². The summed E-state index contributed by atoms with van der Waals surface area (Å²) in [7, 11) is 0. The fraction of sp³-hybridized carbons (Fsp3) is 0.273. The van der Waals surface area contributed by atoms with Crippen LogP contribution in [0.2, 0.25) is 0 Å². The van der Waals surface area contributed by atoms with Gasteiger partial charge in [-0.05, 0) is 67.3 Å². The van der Waals surface area contributed by atoms with Gasteiger partial charge in [-0.2, -0.15) is 0 Å². The van der Waals surface area contributed by atoms with Crippen molar-refractivity contribution in [3.63, 3.8) is 0 Å². The topological polar surface area (TPSA) is 0 Å². The molecule has 3 heteroatoms. The second-order valence-electron chi connectivity index (χ2n) is 6.60. The number of hydrogen-bond donors (Lipinski definition) is 0. The van der Waals surface area contributed by atoms with Crippen LogP contribution in [0.25, 0.3) is 11.7 Å². The second-order valence-corrected chi connectivity index (χ2v) is 6.60. The fourth-order valence-electron chi connectivity index (χ4n) is 3.44. The Bertz CT molecular complexity index is 749. The molecule has 0 radical (unpaired) electrons. The third-order valence-electron chi connectivity index (χ3n) is 5.03. The Morgan fingerprint density at radius 1 is 0.800 bits per heavy atom. The van der Waals surface area contributed by atoms with Crippen molar-refractivity contribution in [3.8, 4) is 0 Å². The van der Waals surface area contributed by atoms with Gasteiger partial charge in [0.1, 0.15) is 5.82 Å². The molecule has 0 unspecified atom stereocenters. The van der Waals surface area contributed by atoms with E-state index in [0.29, 0.717) is 11.8 Å². The van der Waals surface area contributed by atoms with E-state index in [1.54, 1.807) is 12.1 Å². The molecule has 0 atom stereocenters. The lowest BCUT2D eigenvalue weighted by molar-refractivity contribution is 0.376. The molecule has 0 heterocycles. The zero-order valence-electron chi connectivity index (χ0n) is 14.0. The van der Waals surface area contributed by atoms with Crippen LogP contribution >= 0.6 is 0 Å². The minimum Gasteiger partial charge on any atom is -0.207 e. The summed E-state index contributed by atoms with van der Waals surface area (Å²) in [6.45, 7) is 3.86. The van der Waals surface area contributed by atoms with Crippen LogP contribution in [0.15, 0.2) is 61.2 Å². The molecule has 0 aromatic heterocycles. The van der Waals surface area contributed by atoms with Gasteiger partial charge >= 0.3 is 0 Å². The zero-order chi connectivity index (χ0) is 17.8. The Morgan fingerprint density at radius 2 is 1.28 bits per heavy atom. The molecule has 0 spiro atoms. The molecule has 1 saturated carbocycles. The molecule has 3 rings (SSSR count). The van der Waals surface area contributed by atoms with Gasteiger partial charge in [0.2, 0.25) is 0 Å². The molecule has 0 bridgehead atoms.